The van der Waals surface area contributed by atoms with E-state index in [2.05, 4.69) is 5.92 Å². The maximum Gasteiger partial charge on any atom is 0.416 e. The van der Waals surface area contributed by atoms with Crippen LogP contribution in [-0.4, -0.2) is 11.8 Å². The van der Waals surface area contributed by atoms with E-state index in [4.69, 9.17) is 12.2 Å². The van der Waals surface area contributed by atoms with E-state index in [0.29, 0.717) is 5.56 Å². The predicted molar refractivity (Wildman–Crippen MR) is 61.6 cm³/mol. The zero-order valence-corrected chi connectivity index (χ0v) is 9.50. The Hall–Kier alpha value is -1.80. The van der Waals surface area contributed by atoms with Crippen molar-refractivity contribution in [2.24, 2.45) is 5.73 Å². The van der Waals surface area contributed by atoms with Crippen LogP contribution in [0.4, 0.5) is 13.2 Å². The highest BCUT2D eigenvalue weighted by Gasteiger charge is 2.30. The average molecular weight is 255 g/mol. The summed E-state index contributed by atoms with van der Waals surface area (Å²) in [5.41, 5.74) is 5.25. The lowest BCUT2D eigenvalue weighted by Crippen LogP contribution is -2.31. The maximum absolute atomic E-state index is 12.3. The Morgan fingerprint density at radius 3 is 2.33 bits per heavy atom. The molecule has 0 amide bonds. The molecule has 0 saturated heterocycles. The van der Waals surface area contributed by atoms with Crippen LogP contribution in [0.1, 0.15) is 17.5 Å². The van der Waals surface area contributed by atoms with Gasteiger partial charge in [-0.2, -0.15) is 13.2 Å². The van der Waals surface area contributed by atoms with Crippen LogP contribution >= 0.6 is 0 Å². The highest BCUT2D eigenvalue weighted by atomic mass is 19.4. The second kappa shape index (κ2) is 5.69. The summed E-state index contributed by atoms with van der Waals surface area (Å²) in [6, 6.07) is 3.65. The van der Waals surface area contributed by atoms with Crippen molar-refractivity contribution in [3.63, 3.8) is 0 Å². The molecule has 1 aromatic rings. The molecule has 2 N–H and O–H groups in total. The van der Waals surface area contributed by atoms with E-state index < -0.39 is 17.8 Å². The third-order valence-corrected chi connectivity index (χ3v) is 2.41. The molecule has 18 heavy (non-hydrogen) atoms. The average Bonchev–Trinajstić information content (AvgIpc) is 2.28. The molecule has 0 saturated carbocycles. The summed E-state index contributed by atoms with van der Waals surface area (Å²) in [6.45, 7) is 0. The van der Waals surface area contributed by atoms with Crippen molar-refractivity contribution in [2.75, 3.05) is 0 Å². The number of nitrogens with two attached hydrogens (primary N) is 1. The quantitative estimate of drug-likeness (QED) is 0.838. The van der Waals surface area contributed by atoms with E-state index in [1.54, 1.807) is 0 Å². The lowest BCUT2D eigenvalue weighted by atomic mass is 10.0. The maximum atomic E-state index is 12.3. The molecule has 96 valence electrons. The number of hydrogen-bond donors (Lipinski definition) is 1. The Balaban J connectivity index is 2.70. The standard InChI is InChI=1S/C13H12F3NO/c1-2-3-11(17)12(18)8-9-4-6-10(7-5-9)13(14,15)16/h1,4-7,11H,3,8,17H2. The normalized spacial score (nSPS) is 12.8. The van der Waals surface area contributed by atoms with Crippen molar-refractivity contribution in [2.45, 2.75) is 25.1 Å². The van der Waals surface area contributed by atoms with Crippen LogP contribution in [0.5, 0.6) is 0 Å². The van der Waals surface area contributed by atoms with Gasteiger partial charge in [-0.15, -0.1) is 12.3 Å². The van der Waals surface area contributed by atoms with Crippen LogP contribution in [0, 0.1) is 12.3 Å². The van der Waals surface area contributed by atoms with Gasteiger partial charge in [0.2, 0.25) is 0 Å². The Bertz CT molecular complexity index is 457. The van der Waals surface area contributed by atoms with Crippen molar-refractivity contribution in [1.29, 1.82) is 0 Å². The van der Waals surface area contributed by atoms with Gasteiger partial charge in [-0.1, -0.05) is 12.1 Å². The number of ketones is 1. The van der Waals surface area contributed by atoms with Gasteiger partial charge in [-0.3, -0.25) is 4.79 Å². The van der Waals surface area contributed by atoms with E-state index in [-0.39, 0.29) is 18.6 Å². The zero-order chi connectivity index (χ0) is 13.8. The lowest BCUT2D eigenvalue weighted by Gasteiger charge is -2.09. The van der Waals surface area contributed by atoms with E-state index in [9.17, 15) is 18.0 Å². The van der Waals surface area contributed by atoms with Crippen LogP contribution < -0.4 is 5.73 Å². The molecule has 0 spiro atoms. The third-order valence-electron chi connectivity index (χ3n) is 2.41. The Labute approximate surface area is 103 Å². The SMILES string of the molecule is C#CCC(N)C(=O)Cc1ccc(C(F)(F)F)cc1. The summed E-state index contributed by atoms with van der Waals surface area (Å²) < 4.78 is 36.9. The largest absolute Gasteiger partial charge is 0.416 e. The van der Waals surface area contributed by atoms with Gasteiger partial charge in [-0.05, 0) is 17.7 Å². The van der Waals surface area contributed by atoms with Crippen molar-refractivity contribution < 1.29 is 18.0 Å². The number of carbonyl (C=O) groups is 1. The minimum Gasteiger partial charge on any atom is -0.321 e. The smallest absolute Gasteiger partial charge is 0.321 e. The van der Waals surface area contributed by atoms with Crippen LogP contribution in [0.15, 0.2) is 24.3 Å². The van der Waals surface area contributed by atoms with Gasteiger partial charge < -0.3 is 5.73 Å². The number of carbonyl (C=O) groups excluding carboxylic acids is 1. The first-order valence-electron chi connectivity index (χ1n) is 5.22. The van der Waals surface area contributed by atoms with Crippen LogP contribution in [0.2, 0.25) is 0 Å². The molecule has 1 aromatic carbocycles. The van der Waals surface area contributed by atoms with E-state index in [0.717, 1.165) is 12.1 Å². The molecule has 0 bridgehead atoms. The molecule has 0 aliphatic rings. The van der Waals surface area contributed by atoms with Gasteiger partial charge in [0.05, 0.1) is 11.6 Å². The number of benzene rings is 1. The van der Waals surface area contributed by atoms with E-state index in [1.165, 1.54) is 12.1 Å². The fourth-order valence-corrected chi connectivity index (χ4v) is 1.38. The monoisotopic (exact) mass is 255 g/mol. The second-order valence-electron chi connectivity index (χ2n) is 3.85. The second-order valence-corrected chi connectivity index (χ2v) is 3.85. The fourth-order valence-electron chi connectivity index (χ4n) is 1.38. The first-order valence-corrected chi connectivity index (χ1v) is 5.22. The van der Waals surface area contributed by atoms with Gasteiger partial charge in [0.25, 0.3) is 0 Å². The molecule has 0 aliphatic heterocycles. The Kier molecular flexibility index (Phi) is 4.51. The van der Waals surface area contributed by atoms with Gasteiger partial charge in [0.1, 0.15) is 0 Å². The first kappa shape index (κ1) is 14.3. The summed E-state index contributed by atoms with van der Waals surface area (Å²) >= 11 is 0. The van der Waals surface area contributed by atoms with Crippen molar-refractivity contribution in [1.82, 2.24) is 0 Å². The van der Waals surface area contributed by atoms with Crippen LogP contribution in [-0.2, 0) is 17.4 Å². The highest BCUT2D eigenvalue weighted by molar-refractivity contribution is 5.86. The summed E-state index contributed by atoms with van der Waals surface area (Å²) in [5.74, 6) is 1.98. The number of rotatable bonds is 4. The predicted octanol–water partition coefficient (Wildman–Crippen LogP) is 2.17. The molecular formula is C13H12F3NO. The van der Waals surface area contributed by atoms with Crippen LogP contribution in [0.25, 0.3) is 0 Å². The zero-order valence-electron chi connectivity index (χ0n) is 9.50. The summed E-state index contributed by atoms with van der Waals surface area (Å²) in [4.78, 5) is 11.5. The lowest BCUT2D eigenvalue weighted by molar-refractivity contribution is -0.137. The number of Topliss-reactive ketones (excluding diaryl/α,β-unsaturated/α-hetero) is 1. The van der Waals surface area contributed by atoms with Gasteiger partial charge >= 0.3 is 6.18 Å². The Morgan fingerprint density at radius 2 is 1.89 bits per heavy atom. The molecule has 0 aliphatic carbocycles. The van der Waals surface area contributed by atoms with Crippen LogP contribution in [0.3, 0.4) is 0 Å². The minimum atomic E-state index is -4.37. The summed E-state index contributed by atoms with van der Waals surface area (Å²) in [7, 11) is 0. The van der Waals surface area contributed by atoms with Gasteiger partial charge in [0.15, 0.2) is 5.78 Å². The Morgan fingerprint density at radius 1 is 1.33 bits per heavy atom. The fraction of sp³-hybridized carbons (Fsp3) is 0.308. The van der Waals surface area contributed by atoms with Gasteiger partial charge in [0, 0.05) is 12.8 Å². The summed E-state index contributed by atoms with van der Waals surface area (Å²) in [6.07, 6.45) is 0.760. The third kappa shape index (κ3) is 3.90. The molecule has 0 aromatic heterocycles. The van der Waals surface area contributed by atoms with E-state index >= 15 is 0 Å². The highest BCUT2D eigenvalue weighted by Crippen LogP contribution is 2.29. The van der Waals surface area contributed by atoms with Crippen molar-refractivity contribution in [3.05, 3.63) is 35.4 Å². The molecule has 1 atom stereocenters. The number of terminal acetylenes is 1. The molecule has 5 heteroatoms. The molecule has 0 heterocycles. The first-order chi connectivity index (χ1) is 8.34. The summed E-state index contributed by atoms with van der Waals surface area (Å²) in [5, 5.41) is 0. The minimum absolute atomic E-state index is 0.0129. The number of alkyl halides is 3. The van der Waals surface area contributed by atoms with Crippen molar-refractivity contribution >= 4 is 5.78 Å². The molecule has 1 unspecified atom stereocenters. The molecule has 0 radical (unpaired) electrons. The topological polar surface area (TPSA) is 43.1 Å². The molecular weight excluding hydrogens is 243 g/mol. The molecule has 1 rings (SSSR count). The molecule has 0 fully saturated rings. The van der Waals surface area contributed by atoms with E-state index in [1.807, 2.05) is 0 Å². The number of halogens is 3. The van der Waals surface area contributed by atoms with Gasteiger partial charge in [-0.25, -0.2) is 0 Å². The van der Waals surface area contributed by atoms with Crippen molar-refractivity contribution in [3.8, 4) is 12.3 Å². The molecule has 2 nitrogen and oxygen atoms in total. The number of hydrogen-bond acceptors (Lipinski definition) is 2.